The summed E-state index contributed by atoms with van der Waals surface area (Å²) in [7, 11) is 0. The van der Waals surface area contributed by atoms with Crippen molar-refractivity contribution in [3.63, 3.8) is 0 Å². The zero-order chi connectivity index (χ0) is 31.9. The molecule has 3 heterocycles. The number of fused-ring (bicyclic) bond motifs is 1. The number of nitrogens with one attached hydrogen (secondary N) is 1. The fraction of sp³-hybridized carbons (Fsp3) is 0.556. The van der Waals surface area contributed by atoms with Gasteiger partial charge in [-0.1, -0.05) is 75.1 Å². The molecule has 2 aromatic heterocycles. The summed E-state index contributed by atoms with van der Waals surface area (Å²) >= 11 is 7.93. The predicted octanol–water partition coefficient (Wildman–Crippen LogP) is 7.42. The monoisotopic (exact) mass is 664 g/mol. The first-order valence-corrected chi connectivity index (χ1v) is 18.3. The Kier molecular flexibility index (Phi) is 11.2. The molecule has 0 spiro atoms. The summed E-state index contributed by atoms with van der Waals surface area (Å²) < 4.78 is 6.78. The normalized spacial score (nSPS) is 20.5. The van der Waals surface area contributed by atoms with E-state index in [4.69, 9.17) is 16.3 Å². The number of aryl methyl sites for hydroxylation is 1. The zero-order valence-electron chi connectivity index (χ0n) is 26.5. The number of pyridine rings is 1. The standard InChI is InChI=1S/C36H45ClN4O4S/c37-29-13-7-8-14-33(29)45-36(44)40-19-20-41(31(24-40)32(42)16-15-28-22-26-23-38-18-17-34(26)46-28)35(43)30(21-25-9-3-1-4-10-25)39-27-11-5-2-6-12-27/h7-8,13-14,17-18,22-23,25,27,30-31,39H,1-6,9-12,15-16,19-21,24H2/t30-,31+/m1/s1. The van der Waals surface area contributed by atoms with Crippen molar-refractivity contribution in [2.24, 2.45) is 5.92 Å². The van der Waals surface area contributed by atoms with Crippen LogP contribution in [0.1, 0.15) is 81.9 Å². The van der Waals surface area contributed by atoms with Gasteiger partial charge in [0.25, 0.3) is 0 Å². The van der Waals surface area contributed by atoms with Crippen molar-refractivity contribution in [2.45, 2.75) is 102 Å². The van der Waals surface area contributed by atoms with E-state index in [0.717, 1.165) is 47.1 Å². The van der Waals surface area contributed by atoms with Gasteiger partial charge in [0.2, 0.25) is 5.91 Å². The summed E-state index contributed by atoms with van der Waals surface area (Å²) in [5, 5.41) is 5.19. The third-order valence-corrected chi connectivity index (χ3v) is 11.4. The molecule has 1 N–H and O–H groups in total. The Balaban J connectivity index is 1.20. The smallest absolute Gasteiger partial charge is 0.409 e. The highest BCUT2D eigenvalue weighted by Gasteiger charge is 2.40. The number of benzene rings is 1. The molecule has 0 bridgehead atoms. The number of hydrogen-bond donors (Lipinski definition) is 1. The second-order valence-corrected chi connectivity index (χ2v) is 14.8. The maximum absolute atomic E-state index is 14.5. The molecule has 3 fully saturated rings. The Bertz CT molecular complexity index is 1450. The molecule has 8 nitrogen and oxygen atoms in total. The van der Waals surface area contributed by atoms with Crippen molar-refractivity contribution in [3.05, 3.63) is 58.7 Å². The van der Waals surface area contributed by atoms with Gasteiger partial charge >= 0.3 is 6.09 Å². The van der Waals surface area contributed by atoms with Crippen LogP contribution in [0.25, 0.3) is 10.1 Å². The number of ether oxygens (including phenoxy) is 1. The first kappa shape index (κ1) is 32.9. The molecule has 3 aromatic rings. The minimum Gasteiger partial charge on any atom is -0.409 e. The van der Waals surface area contributed by atoms with Crippen LogP contribution in [0.15, 0.2) is 48.8 Å². The summed E-state index contributed by atoms with van der Waals surface area (Å²) in [6.45, 7) is 0.681. The molecular weight excluding hydrogens is 620 g/mol. The molecule has 2 aliphatic carbocycles. The van der Waals surface area contributed by atoms with Crippen molar-refractivity contribution < 1.29 is 19.1 Å². The number of rotatable bonds is 10. The number of amides is 2. The van der Waals surface area contributed by atoms with Crippen LogP contribution in [0.5, 0.6) is 5.75 Å². The van der Waals surface area contributed by atoms with Crippen LogP contribution in [0.4, 0.5) is 4.79 Å². The fourth-order valence-electron chi connectivity index (χ4n) is 7.40. The lowest BCUT2D eigenvalue weighted by molar-refractivity contribution is -0.145. The van der Waals surface area contributed by atoms with Crippen molar-refractivity contribution >= 4 is 50.8 Å². The number of thiophene rings is 1. The number of carbonyl (C=O) groups excluding carboxylic acids is 3. The van der Waals surface area contributed by atoms with E-state index in [1.165, 1.54) is 38.5 Å². The van der Waals surface area contributed by atoms with Crippen LogP contribution in [0, 0.1) is 5.92 Å². The van der Waals surface area contributed by atoms with E-state index in [-0.39, 0.29) is 43.0 Å². The average Bonchev–Trinajstić information content (AvgIpc) is 3.51. The van der Waals surface area contributed by atoms with E-state index in [9.17, 15) is 14.4 Å². The Morgan fingerprint density at radius 3 is 2.52 bits per heavy atom. The zero-order valence-corrected chi connectivity index (χ0v) is 28.1. The van der Waals surface area contributed by atoms with Gasteiger partial charge in [0.15, 0.2) is 11.5 Å². The first-order valence-electron chi connectivity index (χ1n) is 17.1. The van der Waals surface area contributed by atoms with Crippen molar-refractivity contribution in [1.82, 2.24) is 20.1 Å². The Morgan fingerprint density at radius 2 is 1.76 bits per heavy atom. The Morgan fingerprint density at radius 1 is 1.00 bits per heavy atom. The first-order chi connectivity index (χ1) is 22.4. The molecule has 0 radical (unpaired) electrons. The van der Waals surface area contributed by atoms with Gasteiger partial charge in [0.1, 0.15) is 6.04 Å². The number of Topliss-reactive ketones (excluding diaryl/α,β-unsaturated/α-hetero) is 1. The van der Waals surface area contributed by atoms with Crippen molar-refractivity contribution in [1.29, 1.82) is 0 Å². The van der Waals surface area contributed by atoms with Crippen LogP contribution in [-0.2, 0) is 16.0 Å². The molecule has 0 unspecified atom stereocenters. The van der Waals surface area contributed by atoms with Gasteiger partial charge in [-0.3, -0.25) is 14.6 Å². The summed E-state index contributed by atoms with van der Waals surface area (Å²) in [6.07, 6.45) is 16.5. The van der Waals surface area contributed by atoms with Gasteiger partial charge in [-0.2, -0.15) is 0 Å². The van der Waals surface area contributed by atoms with Crippen LogP contribution < -0.4 is 10.1 Å². The van der Waals surface area contributed by atoms with E-state index in [0.29, 0.717) is 29.9 Å². The Hall–Kier alpha value is -3.01. The molecular formula is C36H45ClN4O4S. The molecule has 10 heteroatoms. The number of carbonyl (C=O) groups is 3. The highest BCUT2D eigenvalue weighted by atomic mass is 35.5. The van der Waals surface area contributed by atoms with E-state index in [1.54, 1.807) is 51.6 Å². The van der Waals surface area contributed by atoms with Gasteiger partial charge in [-0.05, 0) is 55.9 Å². The number of para-hydroxylation sites is 1. The fourth-order valence-corrected chi connectivity index (χ4v) is 8.61. The van der Waals surface area contributed by atoms with Gasteiger partial charge in [0.05, 0.1) is 17.6 Å². The third kappa shape index (κ3) is 8.28. The lowest BCUT2D eigenvalue weighted by Crippen LogP contribution is -2.63. The summed E-state index contributed by atoms with van der Waals surface area (Å²) in [6, 6.07) is 10.2. The number of halogens is 1. The molecule has 2 saturated carbocycles. The minimum atomic E-state index is -0.738. The largest absolute Gasteiger partial charge is 0.415 e. The van der Waals surface area contributed by atoms with Gasteiger partial charge < -0.3 is 19.9 Å². The predicted molar refractivity (Wildman–Crippen MR) is 182 cm³/mol. The molecule has 2 atom stereocenters. The molecule has 6 rings (SSSR count). The quantitative estimate of drug-likeness (QED) is 0.243. The Labute approximate surface area is 280 Å². The molecule has 1 aromatic carbocycles. The SMILES string of the molecule is O=C(CCc1cc2cnccc2s1)[C@@H]1CN(C(=O)Oc2ccccc2Cl)CCN1C(=O)[C@@H](CC1CCCCC1)NC1CCCCC1. The van der Waals surface area contributed by atoms with Gasteiger partial charge in [0, 0.05) is 52.9 Å². The van der Waals surface area contributed by atoms with E-state index >= 15 is 0 Å². The van der Waals surface area contributed by atoms with Crippen LogP contribution >= 0.6 is 22.9 Å². The van der Waals surface area contributed by atoms with Gasteiger partial charge in [-0.25, -0.2) is 4.79 Å². The van der Waals surface area contributed by atoms with E-state index < -0.39 is 12.1 Å². The van der Waals surface area contributed by atoms with Crippen molar-refractivity contribution in [3.8, 4) is 5.75 Å². The number of hydrogen-bond acceptors (Lipinski definition) is 7. The molecule has 1 saturated heterocycles. The number of piperazine rings is 1. The van der Waals surface area contributed by atoms with Crippen LogP contribution in [-0.4, -0.2) is 70.3 Å². The van der Waals surface area contributed by atoms with E-state index in [2.05, 4.69) is 16.4 Å². The maximum Gasteiger partial charge on any atom is 0.415 e. The molecule has 246 valence electrons. The average molecular weight is 665 g/mol. The van der Waals surface area contributed by atoms with Crippen LogP contribution in [0.2, 0.25) is 5.02 Å². The maximum atomic E-state index is 14.5. The highest BCUT2D eigenvalue weighted by Crippen LogP contribution is 2.31. The highest BCUT2D eigenvalue weighted by molar-refractivity contribution is 7.19. The molecule has 2 amide bonds. The second kappa shape index (κ2) is 15.7. The summed E-state index contributed by atoms with van der Waals surface area (Å²) in [5.41, 5.74) is 0. The molecule has 1 aliphatic heterocycles. The number of nitrogens with zero attached hydrogens (tertiary/aromatic N) is 3. The number of aromatic nitrogens is 1. The van der Waals surface area contributed by atoms with Crippen LogP contribution in [0.3, 0.4) is 0 Å². The summed E-state index contributed by atoms with van der Waals surface area (Å²) in [5.74, 6) is 0.760. The third-order valence-electron chi connectivity index (χ3n) is 9.95. The number of ketones is 1. The van der Waals surface area contributed by atoms with Gasteiger partial charge in [-0.15, -0.1) is 11.3 Å². The molecule has 3 aliphatic rings. The topological polar surface area (TPSA) is 91.8 Å². The van der Waals surface area contributed by atoms with Crippen molar-refractivity contribution in [2.75, 3.05) is 19.6 Å². The lowest BCUT2D eigenvalue weighted by Gasteiger charge is -2.42. The second-order valence-electron chi connectivity index (χ2n) is 13.2. The van der Waals surface area contributed by atoms with E-state index in [1.807, 2.05) is 12.3 Å². The summed E-state index contributed by atoms with van der Waals surface area (Å²) in [4.78, 5) is 50.5. The minimum absolute atomic E-state index is 0.00144. The molecule has 46 heavy (non-hydrogen) atoms. The lowest BCUT2D eigenvalue weighted by atomic mass is 9.83.